The van der Waals surface area contributed by atoms with Crippen molar-refractivity contribution in [2.45, 2.75) is 70.3 Å². The molecule has 1 saturated carbocycles. The number of ether oxygens (including phenoxy) is 1. The fourth-order valence-electron chi connectivity index (χ4n) is 4.94. The molecule has 3 fully saturated rings. The van der Waals surface area contributed by atoms with Gasteiger partial charge in [-0.1, -0.05) is 32.6 Å². The van der Waals surface area contributed by atoms with Gasteiger partial charge in [-0.25, -0.2) is 0 Å². The topological polar surface area (TPSA) is 32.8 Å². The number of likely N-dealkylation sites (N-methyl/N-ethyl adjacent to an activating group) is 1. The molecular weight excluding hydrogens is 288 g/mol. The Morgan fingerprint density at radius 3 is 2.57 bits per heavy atom. The second-order valence-electron chi connectivity index (χ2n) is 7.77. The van der Waals surface area contributed by atoms with E-state index in [-0.39, 0.29) is 5.54 Å². The van der Waals surface area contributed by atoms with E-state index in [0.717, 1.165) is 77.4 Å². The lowest BCUT2D eigenvalue weighted by Crippen LogP contribution is -2.57. The minimum atomic E-state index is 0.173. The molecule has 1 amide bonds. The molecule has 0 aromatic heterocycles. The van der Waals surface area contributed by atoms with E-state index in [1.54, 1.807) is 0 Å². The van der Waals surface area contributed by atoms with Gasteiger partial charge >= 0.3 is 0 Å². The lowest BCUT2D eigenvalue weighted by Gasteiger charge is -2.46. The van der Waals surface area contributed by atoms with Crippen LogP contribution in [-0.4, -0.2) is 60.6 Å². The maximum absolute atomic E-state index is 12.8. The number of amides is 1. The third kappa shape index (κ3) is 4.08. The van der Waals surface area contributed by atoms with Gasteiger partial charge in [0.1, 0.15) is 0 Å². The van der Waals surface area contributed by atoms with Crippen molar-refractivity contribution in [3.05, 3.63) is 0 Å². The third-order valence-electron chi connectivity index (χ3n) is 6.41. The van der Waals surface area contributed by atoms with Crippen LogP contribution in [0.2, 0.25) is 0 Å². The van der Waals surface area contributed by atoms with Gasteiger partial charge in [-0.3, -0.25) is 9.69 Å². The highest BCUT2D eigenvalue weighted by molar-refractivity contribution is 5.76. The Morgan fingerprint density at radius 1 is 1.13 bits per heavy atom. The molecule has 0 N–H and O–H groups in total. The van der Waals surface area contributed by atoms with Crippen LogP contribution < -0.4 is 0 Å². The second kappa shape index (κ2) is 7.98. The van der Waals surface area contributed by atoms with E-state index in [2.05, 4.69) is 16.7 Å². The van der Waals surface area contributed by atoms with Crippen molar-refractivity contribution in [1.82, 2.24) is 9.80 Å². The Balaban J connectivity index is 1.60. The van der Waals surface area contributed by atoms with Crippen molar-refractivity contribution in [3.63, 3.8) is 0 Å². The van der Waals surface area contributed by atoms with Gasteiger partial charge in [0.2, 0.25) is 5.91 Å². The molecule has 4 heteroatoms. The van der Waals surface area contributed by atoms with Crippen LogP contribution in [0.3, 0.4) is 0 Å². The zero-order valence-corrected chi connectivity index (χ0v) is 14.9. The van der Waals surface area contributed by atoms with Crippen molar-refractivity contribution in [3.8, 4) is 0 Å². The summed E-state index contributed by atoms with van der Waals surface area (Å²) in [6.45, 7) is 8.04. The molecule has 2 heterocycles. The van der Waals surface area contributed by atoms with Crippen LogP contribution >= 0.6 is 0 Å². The van der Waals surface area contributed by atoms with E-state index in [1.165, 1.54) is 25.7 Å². The number of hydrogen-bond donors (Lipinski definition) is 0. The molecular formula is C19H34N2O2. The molecule has 132 valence electrons. The molecule has 2 aliphatic heterocycles. The standard InChI is InChI=1S/C19H34N2O2/c1-2-21-13-5-12-20(16-19(21)10-14-23-15-11-19)18(22)9-8-17-6-3-4-7-17/h17H,2-16H2,1H3. The number of rotatable bonds is 4. The minimum absolute atomic E-state index is 0.173. The quantitative estimate of drug-likeness (QED) is 0.797. The molecule has 1 aliphatic carbocycles. The fourth-order valence-corrected chi connectivity index (χ4v) is 4.94. The predicted molar refractivity (Wildman–Crippen MR) is 92.4 cm³/mol. The average molecular weight is 322 g/mol. The normalized spacial score (nSPS) is 26.6. The van der Waals surface area contributed by atoms with Crippen molar-refractivity contribution in [1.29, 1.82) is 0 Å². The molecule has 2 saturated heterocycles. The van der Waals surface area contributed by atoms with Gasteiger partial charge < -0.3 is 9.64 Å². The number of carbonyl (C=O) groups is 1. The van der Waals surface area contributed by atoms with Gasteiger partial charge in [0.15, 0.2) is 0 Å². The highest BCUT2D eigenvalue weighted by atomic mass is 16.5. The van der Waals surface area contributed by atoms with E-state index >= 15 is 0 Å². The van der Waals surface area contributed by atoms with Crippen LogP contribution in [0.4, 0.5) is 0 Å². The summed E-state index contributed by atoms with van der Waals surface area (Å²) < 4.78 is 5.61. The van der Waals surface area contributed by atoms with Crippen molar-refractivity contribution in [2.24, 2.45) is 5.92 Å². The molecule has 0 bridgehead atoms. The van der Waals surface area contributed by atoms with Crippen LogP contribution in [-0.2, 0) is 9.53 Å². The van der Waals surface area contributed by atoms with Crippen LogP contribution in [0.1, 0.15) is 64.7 Å². The number of hydrogen-bond acceptors (Lipinski definition) is 3. The molecule has 0 unspecified atom stereocenters. The van der Waals surface area contributed by atoms with Gasteiger partial charge in [0, 0.05) is 44.8 Å². The lowest BCUT2D eigenvalue weighted by atomic mass is 9.87. The Labute approximate surface area is 141 Å². The summed E-state index contributed by atoms with van der Waals surface area (Å²) in [4.78, 5) is 17.6. The monoisotopic (exact) mass is 322 g/mol. The van der Waals surface area contributed by atoms with E-state index in [9.17, 15) is 4.79 Å². The van der Waals surface area contributed by atoms with E-state index < -0.39 is 0 Å². The molecule has 0 radical (unpaired) electrons. The van der Waals surface area contributed by atoms with E-state index in [4.69, 9.17) is 4.74 Å². The Morgan fingerprint density at radius 2 is 1.87 bits per heavy atom. The van der Waals surface area contributed by atoms with Gasteiger partial charge in [0.05, 0.1) is 0 Å². The van der Waals surface area contributed by atoms with Crippen LogP contribution in [0.5, 0.6) is 0 Å². The molecule has 0 aromatic rings. The minimum Gasteiger partial charge on any atom is -0.381 e. The van der Waals surface area contributed by atoms with Gasteiger partial charge in [-0.05, 0) is 38.1 Å². The number of nitrogens with zero attached hydrogens (tertiary/aromatic N) is 2. The third-order valence-corrected chi connectivity index (χ3v) is 6.41. The predicted octanol–water partition coefficient (Wildman–Crippen LogP) is 3.06. The summed E-state index contributed by atoms with van der Waals surface area (Å²) in [5.41, 5.74) is 0.173. The van der Waals surface area contributed by atoms with Crippen LogP contribution in [0.25, 0.3) is 0 Å². The summed E-state index contributed by atoms with van der Waals surface area (Å²) in [6, 6.07) is 0. The summed E-state index contributed by atoms with van der Waals surface area (Å²) in [5, 5.41) is 0. The molecule has 3 aliphatic rings. The highest BCUT2D eigenvalue weighted by Crippen LogP contribution is 2.32. The highest BCUT2D eigenvalue weighted by Gasteiger charge is 2.41. The molecule has 23 heavy (non-hydrogen) atoms. The SMILES string of the molecule is CCN1CCCN(C(=O)CCC2CCCC2)CC12CCOCC2. The van der Waals surface area contributed by atoms with Gasteiger partial charge in [-0.2, -0.15) is 0 Å². The summed E-state index contributed by atoms with van der Waals surface area (Å²) >= 11 is 0. The Hall–Kier alpha value is -0.610. The summed E-state index contributed by atoms with van der Waals surface area (Å²) in [7, 11) is 0. The zero-order chi connectivity index (χ0) is 16.1. The first kappa shape index (κ1) is 17.2. The maximum atomic E-state index is 12.8. The van der Waals surface area contributed by atoms with Gasteiger partial charge in [0.25, 0.3) is 0 Å². The van der Waals surface area contributed by atoms with Crippen LogP contribution in [0, 0.1) is 5.92 Å². The van der Waals surface area contributed by atoms with Gasteiger partial charge in [-0.15, -0.1) is 0 Å². The Kier molecular flexibility index (Phi) is 5.97. The Bertz CT molecular complexity index is 387. The average Bonchev–Trinajstić information content (AvgIpc) is 3.03. The molecule has 4 nitrogen and oxygen atoms in total. The molecule has 0 atom stereocenters. The van der Waals surface area contributed by atoms with Crippen molar-refractivity contribution in [2.75, 3.05) is 39.4 Å². The molecule has 1 spiro atoms. The number of carbonyl (C=O) groups excluding carboxylic acids is 1. The smallest absolute Gasteiger partial charge is 0.222 e. The first-order valence-corrected chi connectivity index (χ1v) is 9.84. The first-order valence-electron chi connectivity index (χ1n) is 9.84. The largest absolute Gasteiger partial charge is 0.381 e. The maximum Gasteiger partial charge on any atom is 0.222 e. The first-order chi connectivity index (χ1) is 11.2. The van der Waals surface area contributed by atoms with Crippen LogP contribution in [0.15, 0.2) is 0 Å². The second-order valence-corrected chi connectivity index (χ2v) is 7.77. The lowest BCUT2D eigenvalue weighted by molar-refractivity contribution is -0.134. The van der Waals surface area contributed by atoms with Crippen molar-refractivity contribution < 1.29 is 9.53 Å². The van der Waals surface area contributed by atoms with Crippen molar-refractivity contribution >= 4 is 5.91 Å². The van der Waals surface area contributed by atoms with E-state index in [0.29, 0.717) is 5.91 Å². The summed E-state index contributed by atoms with van der Waals surface area (Å²) in [6.07, 6.45) is 10.6. The molecule has 0 aromatic carbocycles. The molecule has 3 rings (SSSR count). The zero-order valence-electron chi connectivity index (χ0n) is 14.9. The summed E-state index contributed by atoms with van der Waals surface area (Å²) in [5.74, 6) is 1.22. The fraction of sp³-hybridized carbons (Fsp3) is 0.947. The van der Waals surface area contributed by atoms with E-state index in [1.807, 2.05) is 0 Å².